The first-order chi connectivity index (χ1) is 23.4. The van der Waals surface area contributed by atoms with E-state index in [9.17, 15) is 0 Å². The Labute approximate surface area is 296 Å². The van der Waals surface area contributed by atoms with E-state index in [1.807, 2.05) is 28.9 Å². The van der Waals surface area contributed by atoms with Gasteiger partial charge in [0.25, 0.3) is 0 Å². The lowest BCUT2D eigenvalue weighted by atomic mass is 9.96. The summed E-state index contributed by atoms with van der Waals surface area (Å²) in [5.74, 6) is 3.09. The van der Waals surface area contributed by atoms with Crippen LogP contribution in [0, 0.1) is 12.3 Å². The first-order valence-corrected chi connectivity index (χ1v) is 18.5. The summed E-state index contributed by atoms with van der Waals surface area (Å²) in [6.45, 7) is 9.10. The van der Waals surface area contributed by atoms with Gasteiger partial charge in [-0.1, -0.05) is 62.3 Å². The van der Waals surface area contributed by atoms with Crippen LogP contribution in [0.2, 0.25) is 10.3 Å². The molecule has 10 nitrogen and oxygen atoms in total. The normalized spacial score (nSPS) is 17.6. The number of hydrogen-bond acceptors (Lipinski definition) is 9. The second-order valence-electron chi connectivity index (χ2n) is 12.0. The first kappa shape index (κ1) is 38.5. The molecule has 0 radical (unpaired) electrons. The van der Waals surface area contributed by atoms with E-state index < -0.39 is 0 Å². The molecule has 0 N–H and O–H groups in total. The Morgan fingerprint density at radius 3 is 2.44 bits per heavy atom. The molecule has 1 fully saturated rings. The molecule has 0 bridgehead atoms. The number of nitrogens with zero attached hydrogens (tertiary/aromatic N) is 5. The number of hydrogen-bond donors (Lipinski definition) is 0. The van der Waals surface area contributed by atoms with Crippen LogP contribution in [-0.4, -0.2) is 96.7 Å². The fourth-order valence-corrected chi connectivity index (χ4v) is 6.79. The topological polar surface area (TPSA) is 93.0 Å². The van der Waals surface area contributed by atoms with E-state index in [1.165, 1.54) is 14.6 Å². The van der Waals surface area contributed by atoms with Gasteiger partial charge in [-0.2, -0.15) is 15.1 Å². The molecule has 1 aliphatic heterocycles. The van der Waals surface area contributed by atoms with E-state index in [2.05, 4.69) is 40.9 Å². The molecule has 0 aliphatic carbocycles. The Morgan fingerprint density at radius 1 is 1.04 bits per heavy atom. The van der Waals surface area contributed by atoms with Crippen LogP contribution in [0.25, 0.3) is 11.0 Å². The van der Waals surface area contributed by atoms with E-state index in [1.54, 1.807) is 6.20 Å². The monoisotopic (exact) mass is 719 g/mol. The SMILES string of the molecule is C#CCOCCOCCOCCOCCN(Cc1ccccc1Cl)c1nc(Cl)nc2c1cnn2C1CCC(CC[C@@](C)(CCC)P=C)O1. The Morgan fingerprint density at radius 2 is 1.75 bits per heavy atom. The summed E-state index contributed by atoms with van der Waals surface area (Å²) in [6.07, 6.45) is 17.3. The summed E-state index contributed by atoms with van der Waals surface area (Å²) in [5.41, 5.74) is 1.60. The quantitative estimate of drug-likeness (QED) is 0.0436. The molecule has 262 valence electrons. The average molecular weight is 721 g/mol. The zero-order valence-corrected chi connectivity index (χ0v) is 30.5. The van der Waals surface area contributed by atoms with Gasteiger partial charge >= 0.3 is 0 Å². The molecule has 48 heavy (non-hydrogen) atoms. The van der Waals surface area contributed by atoms with Gasteiger partial charge < -0.3 is 28.6 Å². The van der Waals surface area contributed by atoms with Crippen LogP contribution in [0.15, 0.2) is 30.5 Å². The predicted octanol–water partition coefficient (Wildman–Crippen LogP) is 7.23. The van der Waals surface area contributed by atoms with Gasteiger partial charge in [-0.25, -0.2) is 4.68 Å². The summed E-state index contributed by atoms with van der Waals surface area (Å²) < 4.78 is 30.6. The van der Waals surface area contributed by atoms with E-state index in [0.29, 0.717) is 75.8 Å². The second-order valence-corrected chi connectivity index (χ2v) is 14.1. The van der Waals surface area contributed by atoms with E-state index in [0.717, 1.165) is 43.1 Å². The first-order valence-electron chi connectivity index (χ1n) is 16.6. The molecule has 3 aromatic rings. The van der Waals surface area contributed by atoms with Crippen molar-refractivity contribution in [3.05, 3.63) is 46.3 Å². The number of terminal acetylenes is 1. The highest BCUT2D eigenvalue weighted by Crippen LogP contribution is 2.38. The van der Waals surface area contributed by atoms with Crippen molar-refractivity contribution in [3.8, 4) is 12.3 Å². The van der Waals surface area contributed by atoms with Crippen molar-refractivity contribution in [3.63, 3.8) is 0 Å². The van der Waals surface area contributed by atoms with Crippen molar-refractivity contribution in [1.82, 2.24) is 19.7 Å². The van der Waals surface area contributed by atoms with Crippen LogP contribution in [0.3, 0.4) is 0 Å². The van der Waals surface area contributed by atoms with Gasteiger partial charge in [-0.3, -0.25) is 0 Å². The molecule has 1 aliphatic rings. The lowest BCUT2D eigenvalue weighted by Crippen LogP contribution is -2.29. The second kappa shape index (κ2) is 20.4. The third-order valence-corrected chi connectivity index (χ3v) is 10.1. The number of halogens is 2. The number of anilines is 1. The molecular formula is C35H48Cl2N5O5P. The van der Waals surface area contributed by atoms with Crippen LogP contribution < -0.4 is 4.90 Å². The standard InChI is InChI=1S/C35H48Cl2N5O5P/c1-5-14-35(3,48-4)15-13-28-11-12-31(47-28)42-33-29(25-38-42)32(39-34(37)40-33)41(26-27-9-7-8-10-30(27)36)16-18-44-20-22-46-24-23-45-21-19-43-17-6-2/h2,7-10,25,28,31H,4-5,11-24,26H2,1,3H3/t28?,31?,35-/m1/s1. The number of aromatic nitrogens is 4. The molecule has 0 amide bonds. The van der Waals surface area contributed by atoms with Crippen LogP contribution >= 0.6 is 31.4 Å². The molecule has 1 saturated heterocycles. The largest absolute Gasteiger partial charge is 0.377 e. The van der Waals surface area contributed by atoms with Crippen LogP contribution in [0.5, 0.6) is 0 Å². The maximum Gasteiger partial charge on any atom is 0.226 e. The van der Waals surface area contributed by atoms with Crippen molar-refractivity contribution < 1.29 is 23.7 Å². The Kier molecular flexibility index (Phi) is 16.3. The van der Waals surface area contributed by atoms with Gasteiger partial charge in [-0.05, 0) is 55.3 Å². The number of benzene rings is 1. The van der Waals surface area contributed by atoms with Gasteiger partial charge in [0.2, 0.25) is 5.28 Å². The van der Waals surface area contributed by atoms with Gasteiger partial charge in [-0.15, -0.1) is 14.6 Å². The molecule has 2 unspecified atom stereocenters. The minimum Gasteiger partial charge on any atom is -0.377 e. The third-order valence-electron chi connectivity index (χ3n) is 8.37. The van der Waals surface area contributed by atoms with Gasteiger partial charge in [0.15, 0.2) is 11.9 Å². The summed E-state index contributed by atoms with van der Waals surface area (Å²) in [6, 6.07) is 7.77. The highest BCUT2D eigenvalue weighted by atomic mass is 35.5. The summed E-state index contributed by atoms with van der Waals surface area (Å²) in [5, 5.41) is 6.56. The molecule has 3 heterocycles. The molecule has 0 spiro atoms. The lowest BCUT2D eigenvalue weighted by Gasteiger charge is -2.26. The molecule has 13 heteroatoms. The van der Waals surface area contributed by atoms with Crippen molar-refractivity contribution >= 4 is 54.6 Å². The van der Waals surface area contributed by atoms with Crippen molar-refractivity contribution in [2.24, 2.45) is 0 Å². The molecule has 1 aromatic carbocycles. The molecule has 3 atom stereocenters. The molecule has 2 aromatic heterocycles. The van der Waals surface area contributed by atoms with Crippen molar-refractivity contribution in [2.45, 2.75) is 76.4 Å². The zero-order valence-electron chi connectivity index (χ0n) is 28.1. The maximum absolute atomic E-state index is 6.58. The summed E-state index contributed by atoms with van der Waals surface area (Å²) in [7, 11) is 1.19. The van der Waals surface area contributed by atoms with Crippen molar-refractivity contribution in [2.75, 3.05) is 64.3 Å². The molecular weight excluding hydrogens is 672 g/mol. The lowest BCUT2D eigenvalue weighted by molar-refractivity contribution is -0.00789. The van der Waals surface area contributed by atoms with Crippen LogP contribution in [0.1, 0.15) is 64.2 Å². The average Bonchev–Trinajstić information content (AvgIpc) is 3.73. The minimum absolute atomic E-state index is 0.141. The number of ether oxygens (including phenoxy) is 5. The Hall–Kier alpha value is -2.32. The van der Waals surface area contributed by atoms with E-state index >= 15 is 0 Å². The number of fused-ring (bicyclic) bond motifs is 1. The summed E-state index contributed by atoms with van der Waals surface area (Å²) >= 11 is 13.1. The minimum atomic E-state index is -0.214. The van der Waals surface area contributed by atoms with Gasteiger partial charge in [0.1, 0.15) is 12.4 Å². The van der Waals surface area contributed by atoms with Crippen LogP contribution in [-0.2, 0) is 30.2 Å². The molecule has 0 saturated carbocycles. The number of rotatable bonds is 23. The Bertz CT molecular complexity index is 1470. The highest BCUT2D eigenvalue weighted by Gasteiger charge is 2.31. The summed E-state index contributed by atoms with van der Waals surface area (Å²) in [4.78, 5) is 11.4. The zero-order chi connectivity index (χ0) is 34.2. The fourth-order valence-electron chi connectivity index (χ4n) is 5.77. The maximum atomic E-state index is 6.58. The fraction of sp³-hybridized carbons (Fsp3) is 0.600. The molecule has 4 rings (SSSR count). The van der Waals surface area contributed by atoms with Crippen molar-refractivity contribution in [1.29, 1.82) is 0 Å². The smallest absolute Gasteiger partial charge is 0.226 e. The predicted molar refractivity (Wildman–Crippen MR) is 195 cm³/mol. The van der Waals surface area contributed by atoms with Crippen LogP contribution in [0.4, 0.5) is 5.82 Å². The van der Waals surface area contributed by atoms with E-state index in [4.69, 9.17) is 58.4 Å². The highest BCUT2D eigenvalue weighted by molar-refractivity contribution is 7.38. The van der Waals surface area contributed by atoms with Gasteiger partial charge in [0, 0.05) is 23.3 Å². The third kappa shape index (κ3) is 11.6. The van der Waals surface area contributed by atoms with E-state index in [-0.39, 0.29) is 29.4 Å². The Balaban J connectivity index is 1.38. The van der Waals surface area contributed by atoms with Gasteiger partial charge in [0.05, 0.1) is 63.9 Å².